The quantitative estimate of drug-likeness (QED) is 0.793. The number of rotatable bonds is 1. The van der Waals surface area contributed by atoms with Gasteiger partial charge in [-0.2, -0.15) is 5.10 Å². The summed E-state index contributed by atoms with van der Waals surface area (Å²) in [5.74, 6) is 0. The van der Waals surface area contributed by atoms with Crippen molar-refractivity contribution in [2.75, 3.05) is 13.2 Å². The molecule has 0 bridgehead atoms. The van der Waals surface area contributed by atoms with Crippen LogP contribution < -0.4 is 11.1 Å². The molecule has 3 heterocycles. The first-order valence-electron chi connectivity index (χ1n) is 5.93. The minimum absolute atomic E-state index is 0.147. The molecule has 1 fully saturated rings. The van der Waals surface area contributed by atoms with Crippen LogP contribution in [0.4, 0.5) is 0 Å². The predicted molar refractivity (Wildman–Crippen MR) is 65.7 cm³/mol. The summed E-state index contributed by atoms with van der Waals surface area (Å²) < 4.78 is 6.97. The molecule has 18 heavy (non-hydrogen) atoms. The summed E-state index contributed by atoms with van der Waals surface area (Å²) >= 11 is 0. The van der Waals surface area contributed by atoms with Gasteiger partial charge < -0.3 is 9.30 Å². The minimum atomic E-state index is -0.330. The van der Waals surface area contributed by atoms with Crippen LogP contribution in [-0.2, 0) is 4.74 Å². The largest absolute Gasteiger partial charge is 0.381 e. The molecule has 0 unspecified atom stereocenters. The number of H-pyrrole nitrogens is 1. The number of hydrogen-bond acceptors (Lipinski definition) is 4. The van der Waals surface area contributed by atoms with Crippen molar-refractivity contribution in [1.82, 2.24) is 14.8 Å². The van der Waals surface area contributed by atoms with Crippen LogP contribution in [0.5, 0.6) is 0 Å². The highest BCUT2D eigenvalue weighted by atomic mass is 16.5. The fourth-order valence-electron chi connectivity index (χ4n) is 2.33. The van der Waals surface area contributed by atoms with Gasteiger partial charge in [-0.25, -0.2) is 5.10 Å². The van der Waals surface area contributed by atoms with Gasteiger partial charge in [0.25, 0.3) is 11.1 Å². The molecular formula is C12H13N3O3. The lowest BCUT2D eigenvalue weighted by molar-refractivity contribution is 0.0688. The van der Waals surface area contributed by atoms with Crippen LogP contribution >= 0.6 is 0 Å². The molecule has 1 aliphatic heterocycles. The average molecular weight is 247 g/mol. The molecule has 0 aromatic carbocycles. The van der Waals surface area contributed by atoms with Crippen LogP contribution in [0.1, 0.15) is 18.9 Å². The first kappa shape index (κ1) is 11.2. The van der Waals surface area contributed by atoms with E-state index >= 15 is 0 Å². The molecule has 2 aromatic heterocycles. The van der Waals surface area contributed by atoms with E-state index in [1.165, 1.54) is 6.07 Å². The summed E-state index contributed by atoms with van der Waals surface area (Å²) in [5, 5.41) is 7.15. The van der Waals surface area contributed by atoms with Crippen molar-refractivity contribution in [2.45, 2.75) is 18.9 Å². The van der Waals surface area contributed by atoms with Crippen molar-refractivity contribution in [3.8, 4) is 0 Å². The standard InChI is InChI=1S/C12H13N3O3/c16-11-5-10-8(6-13-14-12(10)17)7-15(11)9-1-3-18-4-2-9/h5-7,9H,1-4H2,(H,14,17). The molecule has 0 aliphatic carbocycles. The van der Waals surface area contributed by atoms with E-state index < -0.39 is 0 Å². The van der Waals surface area contributed by atoms with Gasteiger partial charge in [-0.1, -0.05) is 0 Å². The van der Waals surface area contributed by atoms with Crippen LogP contribution in [-0.4, -0.2) is 28.0 Å². The maximum atomic E-state index is 12.0. The zero-order valence-electron chi connectivity index (χ0n) is 9.76. The lowest BCUT2D eigenvalue weighted by atomic mass is 10.1. The smallest absolute Gasteiger partial charge is 0.272 e. The van der Waals surface area contributed by atoms with Gasteiger partial charge in [-0.15, -0.1) is 0 Å². The molecule has 3 rings (SSSR count). The number of fused-ring (bicyclic) bond motifs is 1. The maximum Gasteiger partial charge on any atom is 0.272 e. The Hall–Kier alpha value is -1.95. The van der Waals surface area contributed by atoms with Crippen LogP contribution in [0.25, 0.3) is 10.8 Å². The molecule has 0 atom stereocenters. The zero-order chi connectivity index (χ0) is 12.5. The van der Waals surface area contributed by atoms with Crippen molar-refractivity contribution in [3.05, 3.63) is 39.2 Å². The summed E-state index contributed by atoms with van der Waals surface area (Å²) in [6, 6.07) is 1.53. The number of nitrogens with one attached hydrogen (secondary N) is 1. The van der Waals surface area contributed by atoms with Gasteiger partial charge in [0.2, 0.25) is 0 Å². The summed E-state index contributed by atoms with van der Waals surface area (Å²) in [5.41, 5.74) is -0.477. The molecule has 6 heteroatoms. The number of ether oxygens (including phenoxy) is 1. The average Bonchev–Trinajstić information content (AvgIpc) is 2.40. The highest BCUT2D eigenvalue weighted by Crippen LogP contribution is 2.19. The highest BCUT2D eigenvalue weighted by molar-refractivity contribution is 5.79. The second-order valence-electron chi connectivity index (χ2n) is 4.43. The van der Waals surface area contributed by atoms with Crippen molar-refractivity contribution in [3.63, 3.8) is 0 Å². The zero-order valence-corrected chi connectivity index (χ0v) is 9.76. The molecule has 6 nitrogen and oxygen atoms in total. The Kier molecular flexibility index (Phi) is 2.71. The lowest BCUT2D eigenvalue weighted by Crippen LogP contribution is -2.29. The van der Waals surface area contributed by atoms with Crippen LogP contribution in [0.2, 0.25) is 0 Å². The van der Waals surface area contributed by atoms with Gasteiger partial charge in [-0.05, 0) is 12.8 Å². The normalized spacial score (nSPS) is 17.1. The maximum absolute atomic E-state index is 12.0. The van der Waals surface area contributed by atoms with Gasteiger partial charge >= 0.3 is 0 Å². The monoisotopic (exact) mass is 247 g/mol. The fraction of sp³-hybridized carbons (Fsp3) is 0.417. The summed E-state index contributed by atoms with van der Waals surface area (Å²) in [4.78, 5) is 23.6. The number of aromatic nitrogens is 3. The van der Waals surface area contributed by atoms with Gasteiger partial charge in [0.15, 0.2) is 0 Å². The molecule has 1 saturated heterocycles. The van der Waals surface area contributed by atoms with E-state index in [4.69, 9.17) is 4.74 Å². The van der Waals surface area contributed by atoms with Crippen LogP contribution in [0, 0.1) is 0 Å². The fourth-order valence-corrected chi connectivity index (χ4v) is 2.33. The molecule has 1 N–H and O–H groups in total. The Morgan fingerprint density at radius 2 is 2.11 bits per heavy atom. The molecule has 1 aliphatic rings. The highest BCUT2D eigenvalue weighted by Gasteiger charge is 2.17. The number of pyridine rings is 1. The first-order chi connectivity index (χ1) is 8.75. The summed E-state index contributed by atoms with van der Waals surface area (Å²) in [6.45, 7) is 1.34. The van der Waals surface area contributed by atoms with E-state index in [9.17, 15) is 9.59 Å². The van der Waals surface area contributed by atoms with E-state index in [0.29, 0.717) is 24.0 Å². The molecular weight excluding hydrogens is 234 g/mol. The van der Waals surface area contributed by atoms with E-state index in [-0.39, 0.29) is 17.2 Å². The summed E-state index contributed by atoms with van der Waals surface area (Å²) in [6.07, 6.45) is 4.92. The molecule has 0 radical (unpaired) electrons. The van der Waals surface area contributed by atoms with Crippen LogP contribution in [0.3, 0.4) is 0 Å². The SMILES string of the molecule is O=c1[nH]ncc2cn(C3CCOCC3)c(=O)cc12. The third-order valence-electron chi connectivity index (χ3n) is 3.31. The van der Waals surface area contributed by atoms with E-state index in [1.807, 2.05) is 0 Å². The first-order valence-corrected chi connectivity index (χ1v) is 5.93. The minimum Gasteiger partial charge on any atom is -0.381 e. The van der Waals surface area contributed by atoms with Crippen molar-refractivity contribution in [1.29, 1.82) is 0 Å². The van der Waals surface area contributed by atoms with Gasteiger partial charge in [0.05, 0.1) is 11.6 Å². The molecule has 0 saturated carbocycles. The Bertz CT molecular complexity index is 683. The predicted octanol–water partition coefficient (Wildman–Crippen LogP) is 0.436. The molecule has 94 valence electrons. The van der Waals surface area contributed by atoms with Gasteiger partial charge in [-0.3, -0.25) is 9.59 Å². The third kappa shape index (κ3) is 1.84. The Balaban J connectivity index is 2.15. The number of hydrogen-bond donors (Lipinski definition) is 1. The third-order valence-corrected chi connectivity index (χ3v) is 3.31. The molecule has 0 amide bonds. The Morgan fingerprint density at radius 3 is 2.89 bits per heavy atom. The van der Waals surface area contributed by atoms with E-state index in [2.05, 4.69) is 10.2 Å². The van der Waals surface area contributed by atoms with Crippen molar-refractivity contribution < 1.29 is 4.74 Å². The second kappa shape index (κ2) is 4.38. The lowest BCUT2D eigenvalue weighted by Gasteiger charge is -2.24. The van der Waals surface area contributed by atoms with E-state index in [1.54, 1.807) is 17.0 Å². The number of aromatic amines is 1. The Labute approximate surface area is 102 Å². The van der Waals surface area contributed by atoms with E-state index in [0.717, 1.165) is 12.8 Å². The topological polar surface area (TPSA) is 77.0 Å². The van der Waals surface area contributed by atoms with Crippen LogP contribution in [0.15, 0.2) is 28.0 Å². The van der Waals surface area contributed by atoms with Crippen molar-refractivity contribution in [2.24, 2.45) is 0 Å². The summed E-state index contributed by atoms with van der Waals surface area (Å²) in [7, 11) is 0. The second-order valence-corrected chi connectivity index (χ2v) is 4.43. The van der Waals surface area contributed by atoms with Crippen molar-refractivity contribution >= 4 is 10.8 Å². The Morgan fingerprint density at radius 1 is 1.33 bits per heavy atom. The van der Waals surface area contributed by atoms with Gasteiger partial charge in [0, 0.05) is 36.9 Å². The van der Waals surface area contributed by atoms with Gasteiger partial charge in [0.1, 0.15) is 0 Å². The molecule has 0 spiro atoms. The molecule has 2 aromatic rings. The number of nitrogens with zero attached hydrogens (tertiary/aromatic N) is 2.